The van der Waals surface area contributed by atoms with E-state index in [1.807, 2.05) is 25.1 Å². The molecular weight excluding hydrogens is 603 g/mol. The molecule has 1 saturated heterocycles. The first kappa shape index (κ1) is 31.8. The number of hydrogen-bond donors (Lipinski definition) is 3. The van der Waals surface area contributed by atoms with E-state index in [0.717, 1.165) is 67.5 Å². The predicted octanol–water partition coefficient (Wildman–Crippen LogP) is 5.36. The summed E-state index contributed by atoms with van der Waals surface area (Å²) in [6, 6.07) is 17.2. The Kier molecular flexibility index (Phi) is 10.3. The summed E-state index contributed by atoms with van der Waals surface area (Å²) in [5, 5.41) is 12.1. The Hall–Kier alpha value is -4.19. The fraction of sp³-hybridized carbons (Fsp3) is 0.371. The Morgan fingerprint density at radius 3 is 2.39 bits per heavy atom. The number of thiazole rings is 1. The van der Waals surface area contributed by atoms with E-state index >= 15 is 0 Å². The van der Waals surface area contributed by atoms with Crippen molar-refractivity contribution in [1.82, 2.24) is 30.8 Å². The summed E-state index contributed by atoms with van der Waals surface area (Å²) in [5.41, 5.74) is 3.78. The van der Waals surface area contributed by atoms with Gasteiger partial charge in [-0.25, -0.2) is 14.4 Å². The first-order valence-electron chi connectivity index (χ1n) is 15.9. The van der Waals surface area contributed by atoms with Crippen LogP contribution in [0.3, 0.4) is 0 Å². The number of halogens is 1. The van der Waals surface area contributed by atoms with Gasteiger partial charge in [-0.05, 0) is 73.9 Å². The number of carbonyl (C=O) groups excluding carboxylic acids is 2. The van der Waals surface area contributed by atoms with Crippen LogP contribution in [0.5, 0.6) is 11.6 Å². The van der Waals surface area contributed by atoms with Crippen LogP contribution in [0.4, 0.5) is 4.39 Å². The molecule has 0 spiro atoms. The summed E-state index contributed by atoms with van der Waals surface area (Å²) in [5.74, 6) is -0.697. The molecule has 0 unspecified atom stereocenters. The third kappa shape index (κ3) is 8.34. The molecule has 0 bridgehead atoms. The average molecular weight is 643 g/mol. The van der Waals surface area contributed by atoms with Crippen LogP contribution in [0.2, 0.25) is 0 Å². The Balaban J connectivity index is 1.05. The van der Waals surface area contributed by atoms with Crippen LogP contribution >= 0.6 is 11.3 Å². The Bertz CT molecular complexity index is 1650. The minimum absolute atomic E-state index is 0.0122. The number of carbonyl (C=O) groups is 2. The number of aromatic nitrogens is 2. The van der Waals surface area contributed by atoms with Crippen molar-refractivity contribution in [2.45, 2.75) is 51.1 Å². The highest BCUT2D eigenvalue weighted by Gasteiger charge is 2.26. The molecule has 3 heterocycles. The van der Waals surface area contributed by atoms with E-state index in [4.69, 9.17) is 4.74 Å². The number of benzene rings is 2. The number of rotatable bonds is 10. The second-order valence-corrected chi connectivity index (χ2v) is 13.0. The molecule has 46 heavy (non-hydrogen) atoms. The highest BCUT2D eigenvalue weighted by Crippen LogP contribution is 2.29. The molecular formula is C35H39FN6O3S. The summed E-state index contributed by atoms with van der Waals surface area (Å²) in [7, 11) is 0. The molecule has 240 valence electrons. The SMILES string of the molecule is Cc1nc(C(=O)N[C@H]2CC[C@H](NC(=O)c3cc(F)cnc3Oc3cccc(-c4ccc(CCN5CCNCC5)cc4)c3)CC2)cs1. The maximum Gasteiger partial charge on any atom is 0.270 e. The number of nitrogens with one attached hydrogen (secondary N) is 3. The number of hydrogen-bond acceptors (Lipinski definition) is 8. The van der Waals surface area contributed by atoms with Gasteiger partial charge in [0.25, 0.3) is 11.8 Å². The normalized spacial score (nSPS) is 18.6. The lowest BCUT2D eigenvalue weighted by Gasteiger charge is -2.29. The summed E-state index contributed by atoms with van der Waals surface area (Å²) in [6.07, 6.45) is 4.86. The number of ether oxygens (including phenoxy) is 1. The number of nitrogens with zero attached hydrogens (tertiary/aromatic N) is 3. The standard InChI is InChI=1S/C35H39FN6O3S/c1-23-39-32(22-46-23)34(44)41-29-11-9-28(10-12-29)40-33(43)31-20-27(36)21-38-35(31)45-30-4-2-3-26(19-30)25-7-5-24(6-8-25)13-16-42-17-14-37-15-18-42/h2-8,19-22,28-29,37H,9-18H2,1H3,(H,40,43)(H,41,44)/t28-,29-. The van der Waals surface area contributed by atoms with Gasteiger partial charge in [0, 0.05) is 50.2 Å². The van der Waals surface area contributed by atoms with E-state index in [9.17, 15) is 14.0 Å². The van der Waals surface area contributed by atoms with Gasteiger partial charge in [-0.1, -0.05) is 36.4 Å². The first-order valence-corrected chi connectivity index (χ1v) is 16.8. The smallest absolute Gasteiger partial charge is 0.270 e. The van der Waals surface area contributed by atoms with Crippen LogP contribution in [-0.4, -0.2) is 71.5 Å². The van der Waals surface area contributed by atoms with Crippen molar-refractivity contribution in [3.8, 4) is 22.8 Å². The van der Waals surface area contributed by atoms with E-state index in [-0.39, 0.29) is 29.4 Å². The molecule has 2 aliphatic rings. The molecule has 3 N–H and O–H groups in total. The Morgan fingerprint density at radius 2 is 1.70 bits per heavy atom. The lowest BCUT2D eigenvalue weighted by molar-refractivity contribution is 0.0888. The molecule has 2 aromatic heterocycles. The van der Waals surface area contributed by atoms with Gasteiger partial charge in [-0.3, -0.25) is 9.59 Å². The van der Waals surface area contributed by atoms with Crippen molar-refractivity contribution in [2.24, 2.45) is 0 Å². The van der Waals surface area contributed by atoms with Crippen LogP contribution in [-0.2, 0) is 6.42 Å². The highest BCUT2D eigenvalue weighted by molar-refractivity contribution is 7.09. The van der Waals surface area contributed by atoms with E-state index in [2.05, 4.69) is 55.1 Å². The van der Waals surface area contributed by atoms with E-state index < -0.39 is 11.7 Å². The first-order chi connectivity index (χ1) is 22.4. The topological polar surface area (TPSA) is 108 Å². The van der Waals surface area contributed by atoms with E-state index in [1.54, 1.807) is 11.4 Å². The molecule has 1 aliphatic carbocycles. The number of piperazine rings is 1. The molecule has 0 radical (unpaired) electrons. The quantitative estimate of drug-likeness (QED) is 0.214. The predicted molar refractivity (Wildman–Crippen MR) is 177 cm³/mol. The van der Waals surface area contributed by atoms with Crippen molar-refractivity contribution in [1.29, 1.82) is 0 Å². The van der Waals surface area contributed by atoms with Crippen molar-refractivity contribution >= 4 is 23.2 Å². The molecule has 0 atom stereocenters. The van der Waals surface area contributed by atoms with Crippen molar-refractivity contribution in [3.05, 3.63) is 93.8 Å². The second kappa shape index (κ2) is 14.9. The van der Waals surface area contributed by atoms with Crippen LogP contribution in [0.15, 0.2) is 66.2 Å². The third-order valence-corrected chi connectivity index (χ3v) is 9.35. The van der Waals surface area contributed by atoms with Gasteiger partial charge in [-0.2, -0.15) is 0 Å². The minimum atomic E-state index is -0.619. The molecule has 2 fully saturated rings. The molecule has 2 amide bonds. The lowest BCUT2D eigenvalue weighted by atomic mass is 9.91. The summed E-state index contributed by atoms with van der Waals surface area (Å²) < 4.78 is 20.3. The van der Waals surface area contributed by atoms with Gasteiger partial charge in [0.05, 0.1) is 11.2 Å². The van der Waals surface area contributed by atoms with Gasteiger partial charge >= 0.3 is 0 Å². The highest BCUT2D eigenvalue weighted by atomic mass is 32.1. The Labute approximate surface area is 272 Å². The maximum absolute atomic E-state index is 14.3. The van der Waals surface area contributed by atoms with Crippen LogP contribution in [0, 0.1) is 12.7 Å². The molecule has 9 nitrogen and oxygen atoms in total. The van der Waals surface area contributed by atoms with Gasteiger partial charge < -0.3 is 25.6 Å². The fourth-order valence-electron chi connectivity index (χ4n) is 5.98. The molecule has 1 aliphatic heterocycles. The lowest BCUT2D eigenvalue weighted by Crippen LogP contribution is -2.44. The number of pyridine rings is 1. The molecule has 11 heteroatoms. The number of amides is 2. The fourth-order valence-corrected chi connectivity index (χ4v) is 6.57. The monoisotopic (exact) mass is 642 g/mol. The minimum Gasteiger partial charge on any atom is -0.438 e. The molecule has 1 saturated carbocycles. The van der Waals surface area contributed by atoms with Gasteiger partial charge in [-0.15, -0.1) is 11.3 Å². The summed E-state index contributed by atoms with van der Waals surface area (Å²) in [6.45, 7) is 7.20. The van der Waals surface area contributed by atoms with E-state index in [1.165, 1.54) is 16.9 Å². The van der Waals surface area contributed by atoms with Crippen molar-refractivity contribution in [3.63, 3.8) is 0 Å². The third-order valence-electron chi connectivity index (χ3n) is 8.57. The van der Waals surface area contributed by atoms with Crippen LogP contribution < -0.4 is 20.7 Å². The van der Waals surface area contributed by atoms with Crippen molar-refractivity contribution < 1.29 is 18.7 Å². The average Bonchev–Trinajstić information content (AvgIpc) is 3.53. The maximum atomic E-state index is 14.3. The molecule has 6 rings (SSSR count). The number of aryl methyl sites for hydroxylation is 1. The zero-order valence-corrected chi connectivity index (χ0v) is 26.7. The van der Waals surface area contributed by atoms with Gasteiger partial charge in [0.1, 0.15) is 22.8 Å². The Morgan fingerprint density at radius 1 is 0.978 bits per heavy atom. The second-order valence-electron chi connectivity index (χ2n) is 11.9. The largest absolute Gasteiger partial charge is 0.438 e. The van der Waals surface area contributed by atoms with Crippen LogP contribution in [0.25, 0.3) is 11.1 Å². The zero-order valence-electron chi connectivity index (χ0n) is 25.9. The molecule has 2 aromatic carbocycles. The molecule has 4 aromatic rings. The summed E-state index contributed by atoms with van der Waals surface area (Å²) in [4.78, 5) is 36.7. The summed E-state index contributed by atoms with van der Waals surface area (Å²) >= 11 is 1.44. The van der Waals surface area contributed by atoms with E-state index in [0.29, 0.717) is 37.1 Å². The zero-order chi connectivity index (χ0) is 31.9. The van der Waals surface area contributed by atoms with Gasteiger partial charge in [0.15, 0.2) is 0 Å². The van der Waals surface area contributed by atoms with Crippen LogP contribution in [0.1, 0.15) is 57.1 Å². The van der Waals surface area contributed by atoms with Gasteiger partial charge in [0.2, 0.25) is 5.88 Å². The van der Waals surface area contributed by atoms with Crippen molar-refractivity contribution in [2.75, 3.05) is 32.7 Å².